The third-order valence-electron chi connectivity index (χ3n) is 3.08. The number of ether oxygens (including phenoxy) is 1. The van der Waals surface area contributed by atoms with Crippen LogP contribution in [0.3, 0.4) is 0 Å². The summed E-state index contributed by atoms with van der Waals surface area (Å²) in [5, 5.41) is 0. The molecule has 0 fully saturated rings. The Kier molecular flexibility index (Phi) is 3.75. The highest BCUT2D eigenvalue weighted by atomic mass is 16.5. The van der Waals surface area contributed by atoms with Crippen LogP contribution < -0.4 is 0 Å². The molecule has 0 saturated carbocycles. The molecule has 0 aromatic heterocycles. The average Bonchev–Trinajstić information content (AvgIpc) is 2.35. The van der Waals surface area contributed by atoms with E-state index in [1.54, 1.807) is 0 Å². The summed E-state index contributed by atoms with van der Waals surface area (Å²) in [5.74, 6) is 0.167. The largest absolute Gasteiger partial charge is 0.365 e. The van der Waals surface area contributed by atoms with Crippen molar-refractivity contribution in [3.63, 3.8) is 0 Å². The number of carbonyl (C=O) groups excluding carboxylic acids is 1. The number of carbonyl (C=O) groups is 1. The first-order valence-corrected chi connectivity index (χ1v) is 6.05. The first kappa shape index (κ1) is 12.1. The van der Waals surface area contributed by atoms with E-state index in [1.807, 2.05) is 25.1 Å². The Hall–Kier alpha value is -1.41. The number of ketones is 1. The highest BCUT2D eigenvalue weighted by Crippen LogP contribution is 2.29. The Morgan fingerprint density at radius 2 is 2.18 bits per heavy atom. The minimum Gasteiger partial charge on any atom is -0.365 e. The van der Waals surface area contributed by atoms with Gasteiger partial charge in [-0.15, -0.1) is 6.58 Å². The molecule has 2 rings (SSSR count). The predicted octanol–water partition coefficient (Wildman–Crippen LogP) is 3.23. The normalized spacial score (nSPS) is 18.5. The minimum absolute atomic E-state index is 0.167. The van der Waals surface area contributed by atoms with Crippen molar-refractivity contribution in [3.05, 3.63) is 47.5 Å². The van der Waals surface area contributed by atoms with Crippen LogP contribution in [-0.2, 0) is 16.0 Å². The van der Waals surface area contributed by atoms with E-state index in [2.05, 4.69) is 12.6 Å². The standard InChI is InChI=1S/C15H18O2/c1-11(2)7-8-14(16)15-13-6-4-3-5-12(13)9-10-17-15/h3-6,15H,1,7-10H2,2H3. The second kappa shape index (κ2) is 5.28. The van der Waals surface area contributed by atoms with Crippen LogP contribution in [0.2, 0.25) is 0 Å². The molecular weight excluding hydrogens is 212 g/mol. The van der Waals surface area contributed by atoms with Crippen LogP contribution in [0, 0.1) is 0 Å². The van der Waals surface area contributed by atoms with Crippen LogP contribution in [0.15, 0.2) is 36.4 Å². The molecule has 1 unspecified atom stereocenters. The lowest BCUT2D eigenvalue weighted by Crippen LogP contribution is -2.23. The van der Waals surface area contributed by atoms with Gasteiger partial charge in [0.2, 0.25) is 0 Å². The lowest BCUT2D eigenvalue weighted by atomic mass is 9.93. The van der Waals surface area contributed by atoms with Gasteiger partial charge in [-0.05, 0) is 30.9 Å². The van der Waals surface area contributed by atoms with E-state index in [1.165, 1.54) is 5.56 Å². The smallest absolute Gasteiger partial charge is 0.166 e. The monoisotopic (exact) mass is 230 g/mol. The predicted molar refractivity (Wildman–Crippen MR) is 67.9 cm³/mol. The topological polar surface area (TPSA) is 26.3 Å². The van der Waals surface area contributed by atoms with E-state index in [4.69, 9.17) is 4.74 Å². The maximum atomic E-state index is 12.1. The van der Waals surface area contributed by atoms with Gasteiger partial charge in [0.25, 0.3) is 0 Å². The molecule has 1 aliphatic heterocycles. The zero-order valence-electron chi connectivity index (χ0n) is 10.2. The van der Waals surface area contributed by atoms with Crippen molar-refractivity contribution < 1.29 is 9.53 Å². The number of fused-ring (bicyclic) bond motifs is 1. The highest BCUT2D eigenvalue weighted by molar-refractivity contribution is 5.85. The summed E-state index contributed by atoms with van der Waals surface area (Å²) < 4.78 is 5.62. The van der Waals surface area contributed by atoms with E-state index in [-0.39, 0.29) is 11.9 Å². The Morgan fingerprint density at radius 1 is 1.41 bits per heavy atom. The van der Waals surface area contributed by atoms with Gasteiger partial charge in [0.15, 0.2) is 5.78 Å². The first-order valence-electron chi connectivity index (χ1n) is 6.05. The van der Waals surface area contributed by atoms with Crippen molar-refractivity contribution in [2.45, 2.75) is 32.3 Å². The molecule has 1 atom stereocenters. The molecule has 0 aliphatic carbocycles. The number of benzene rings is 1. The molecule has 1 aliphatic rings. The van der Waals surface area contributed by atoms with Crippen molar-refractivity contribution >= 4 is 5.78 Å². The zero-order chi connectivity index (χ0) is 12.3. The van der Waals surface area contributed by atoms with Gasteiger partial charge in [0.1, 0.15) is 6.10 Å². The summed E-state index contributed by atoms with van der Waals surface area (Å²) in [6, 6.07) is 8.06. The third-order valence-corrected chi connectivity index (χ3v) is 3.08. The molecule has 1 aromatic carbocycles. The number of hydrogen-bond donors (Lipinski definition) is 0. The maximum Gasteiger partial charge on any atom is 0.166 e. The molecule has 1 aromatic rings. The van der Waals surface area contributed by atoms with Gasteiger partial charge in [-0.2, -0.15) is 0 Å². The van der Waals surface area contributed by atoms with E-state index in [0.717, 1.165) is 24.0 Å². The fourth-order valence-electron chi connectivity index (χ4n) is 2.13. The minimum atomic E-state index is -0.362. The molecule has 0 radical (unpaired) electrons. The van der Waals surface area contributed by atoms with Gasteiger partial charge >= 0.3 is 0 Å². The highest BCUT2D eigenvalue weighted by Gasteiger charge is 2.26. The second-order valence-electron chi connectivity index (χ2n) is 4.62. The van der Waals surface area contributed by atoms with Crippen LogP contribution in [0.25, 0.3) is 0 Å². The fourth-order valence-corrected chi connectivity index (χ4v) is 2.13. The van der Waals surface area contributed by atoms with Crippen LogP contribution in [0.1, 0.15) is 37.0 Å². The summed E-state index contributed by atoms with van der Waals surface area (Å²) in [7, 11) is 0. The third kappa shape index (κ3) is 2.83. The molecule has 0 bridgehead atoms. The Bertz CT molecular complexity index is 434. The van der Waals surface area contributed by atoms with Crippen molar-refractivity contribution in [3.8, 4) is 0 Å². The quantitative estimate of drug-likeness (QED) is 0.742. The summed E-state index contributed by atoms with van der Waals surface area (Å²) >= 11 is 0. The van der Waals surface area contributed by atoms with Crippen molar-refractivity contribution in [1.82, 2.24) is 0 Å². The molecular formula is C15H18O2. The summed E-state index contributed by atoms with van der Waals surface area (Å²) in [6.45, 7) is 6.41. The number of allylic oxidation sites excluding steroid dienone is 1. The fraction of sp³-hybridized carbons (Fsp3) is 0.400. The van der Waals surface area contributed by atoms with Crippen molar-refractivity contribution in [2.75, 3.05) is 6.61 Å². The summed E-state index contributed by atoms with van der Waals surface area (Å²) in [4.78, 5) is 12.1. The van der Waals surface area contributed by atoms with Gasteiger partial charge in [-0.25, -0.2) is 0 Å². The van der Waals surface area contributed by atoms with Gasteiger partial charge in [-0.1, -0.05) is 29.8 Å². The lowest BCUT2D eigenvalue weighted by Gasteiger charge is -2.25. The molecule has 0 amide bonds. The molecule has 0 saturated heterocycles. The van der Waals surface area contributed by atoms with Crippen LogP contribution in [0.5, 0.6) is 0 Å². The van der Waals surface area contributed by atoms with Crippen molar-refractivity contribution in [1.29, 1.82) is 0 Å². The SMILES string of the molecule is C=C(C)CCC(=O)C1OCCc2ccccc21. The van der Waals surface area contributed by atoms with Crippen LogP contribution >= 0.6 is 0 Å². The van der Waals surface area contributed by atoms with E-state index < -0.39 is 0 Å². The average molecular weight is 230 g/mol. The van der Waals surface area contributed by atoms with E-state index in [0.29, 0.717) is 13.0 Å². The van der Waals surface area contributed by atoms with Crippen LogP contribution in [0.4, 0.5) is 0 Å². The second-order valence-corrected chi connectivity index (χ2v) is 4.62. The van der Waals surface area contributed by atoms with E-state index in [9.17, 15) is 4.79 Å². The molecule has 0 spiro atoms. The Morgan fingerprint density at radius 3 is 2.94 bits per heavy atom. The first-order chi connectivity index (χ1) is 8.18. The van der Waals surface area contributed by atoms with E-state index >= 15 is 0 Å². The molecule has 90 valence electrons. The zero-order valence-corrected chi connectivity index (χ0v) is 10.2. The lowest BCUT2D eigenvalue weighted by molar-refractivity contribution is -0.131. The van der Waals surface area contributed by atoms with Gasteiger partial charge < -0.3 is 4.74 Å². The molecule has 1 heterocycles. The molecule has 2 nitrogen and oxygen atoms in total. The summed E-state index contributed by atoms with van der Waals surface area (Å²) in [6.07, 6.45) is 1.81. The van der Waals surface area contributed by atoms with Gasteiger partial charge in [0, 0.05) is 6.42 Å². The number of rotatable bonds is 4. The number of Topliss-reactive ketones (excluding diaryl/α,β-unsaturated/α-hetero) is 1. The summed E-state index contributed by atoms with van der Waals surface area (Å²) in [5.41, 5.74) is 3.33. The van der Waals surface area contributed by atoms with Crippen molar-refractivity contribution in [2.24, 2.45) is 0 Å². The molecule has 17 heavy (non-hydrogen) atoms. The van der Waals surface area contributed by atoms with Crippen LogP contribution in [-0.4, -0.2) is 12.4 Å². The molecule has 0 N–H and O–H groups in total. The Labute approximate surface area is 102 Å². The van der Waals surface area contributed by atoms with Gasteiger partial charge in [-0.3, -0.25) is 4.79 Å². The number of hydrogen-bond acceptors (Lipinski definition) is 2. The molecule has 2 heteroatoms. The Balaban J connectivity index is 2.12. The maximum absolute atomic E-state index is 12.1. The van der Waals surface area contributed by atoms with Gasteiger partial charge in [0.05, 0.1) is 6.61 Å².